The predicted molar refractivity (Wildman–Crippen MR) is 123 cm³/mol. The predicted octanol–water partition coefficient (Wildman–Crippen LogP) is 3.83. The summed E-state index contributed by atoms with van der Waals surface area (Å²) >= 11 is 7.40. The van der Waals surface area contributed by atoms with Crippen LogP contribution in [0.2, 0.25) is 5.02 Å². The molecule has 6 rings (SSSR count). The molecule has 2 aromatic heterocycles. The Balaban J connectivity index is 1.18. The highest BCUT2D eigenvalue weighted by molar-refractivity contribution is 7.15. The quantitative estimate of drug-likeness (QED) is 0.475. The summed E-state index contributed by atoms with van der Waals surface area (Å²) in [6.45, 7) is 0.426. The maximum Gasteiger partial charge on any atom is 0.250 e. The highest BCUT2D eigenvalue weighted by Crippen LogP contribution is 2.37. The number of aromatic nitrogens is 3. The van der Waals surface area contributed by atoms with E-state index < -0.39 is 5.92 Å². The van der Waals surface area contributed by atoms with E-state index in [1.54, 1.807) is 27.6 Å². The van der Waals surface area contributed by atoms with Crippen molar-refractivity contribution in [1.82, 2.24) is 14.6 Å². The number of rotatable bonds is 4. The van der Waals surface area contributed by atoms with Gasteiger partial charge in [0.2, 0.25) is 29.5 Å². The monoisotopic (exact) mass is 481 g/mol. The zero-order chi connectivity index (χ0) is 22.5. The van der Waals surface area contributed by atoms with E-state index in [2.05, 4.69) is 15.4 Å². The number of carbonyl (C=O) groups is 2. The molecule has 1 atom stereocenters. The molecule has 9 nitrogen and oxygen atoms in total. The SMILES string of the molecule is O=C(Nc1nc2scc(-c3ccc(Cl)cc3)n2n1)C1CC(=O)N(c2ccc3c(c2)OCO3)C1. The number of carbonyl (C=O) groups excluding carboxylic acids is 2. The Morgan fingerprint density at radius 2 is 1.97 bits per heavy atom. The second kappa shape index (κ2) is 7.75. The molecule has 166 valence electrons. The Morgan fingerprint density at radius 3 is 2.82 bits per heavy atom. The summed E-state index contributed by atoms with van der Waals surface area (Å²) in [7, 11) is 0. The lowest BCUT2D eigenvalue weighted by Gasteiger charge is -2.16. The van der Waals surface area contributed by atoms with Gasteiger partial charge in [0.15, 0.2) is 11.5 Å². The smallest absolute Gasteiger partial charge is 0.250 e. The van der Waals surface area contributed by atoms with Crippen LogP contribution in [0.4, 0.5) is 11.6 Å². The van der Waals surface area contributed by atoms with Gasteiger partial charge in [-0.3, -0.25) is 14.9 Å². The molecule has 4 aromatic rings. The van der Waals surface area contributed by atoms with Crippen LogP contribution in [0.3, 0.4) is 0 Å². The van der Waals surface area contributed by atoms with Crippen LogP contribution in [0.5, 0.6) is 11.5 Å². The third kappa shape index (κ3) is 3.57. The molecular formula is C22H16ClN5O4S. The van der Waals surface area contributed by atoms with Crippen molar-refractivity contribution in [2.75, 3.05) is 23.6 Å². The van der Waals surface area contributed by atoms with Crippen LogP contribution in [-0.4, -0.2) is 39.8 Å². The molecule has 0 radical (unpaired) electrons. The average molecular weight is 482 g/mol. The van der Waals surface area contributed by atoms with Crippen molar-refractivity contribution in [3.05, 3.63) is 52.9 Å². The van der Waals surface area contributed by atoms with Crippen LogP contribution in [-0.2, 0) is 9.59 Å². The molecule has 2 aliphatic heterocycles. The van der Waals surface area contributed by atoms with Crippen LogP contribution in [0.15, 0.2) is 47.8 Å². The Hall–Kier alpha value is -3.63. The first-order valence-electron chi connectivity index (χ1n) is 10.2. The molecule has 1 fully saturated rings. The van der Waals surface area contributed by atoms with Gasteiger partial charge in [0.05, 0.1) is 11.6 Å². The standard InChI is InChI=1S/C22H16ClN5O4S/c23-14-3-1-12(2-4-14)16-10-33-22-25-21(26-28(16)22)24-20(30)13-7-19(29)27(9-13)15-5-6-17-18(8-15)32-11-31-17/h1-6,8,10,13H,7,9,11H2,(H,24,26,30). The van der Waals surface area contributed by atoms with Crippen molar-refractivity contribution in [2.24, 2.45) is 5.92 Å². The number of anilines is 2. The van der Waals surface area contributed by atoms with E-state index in [9.17, 15) is 9.59 Å². The van der Waals surface area contributed by atoms with Crippen LogP contribution < -0.4 is 19.7 Å². The topological polar surface area (TPSA) is 98.1 Å². The van der Waals surface area contributed by atoms with Crippen molar-refractivity contribution in [2.45, 2.75) is 6.42 Å². The lowest BCUT2D eigenvalue weighted by Crippen LogP contribution is -2.28. The van der Waals surface area contributed by atoms with Gasteiger partial charge in [0.25, 0.3) is 0 Å². The van der Waals surface area contributed by atoms with Crippen LogP contribution in [0.1, 0.15) is 6.42 Å². The number of nitrogens with zero attached hydrogens (tertiary/aromatic N) is 4. The number of hydrogen-bond acceptors (Lipinski definition) is 7. The normalized spacial score (nSPS) is 17.2. The fourth-order valence-electron chi connectivity index (χ4n) is 3.95. The van der Waals surface area contributed by atoms with E-state index >= 15 is 0 Å². The number of ether oxygens (including phenoxy) is 2. The zero-order valence-electron chi connectivity index (χ0n) is 17.0. The van der Waals surface area contributed by atoms with Gasteiger partial charge in [0.1, 0.15) is 0 Å². The van der Waals surface area contributed by atoms with E-state index in [4.69, 9.17) is 21.1 Å². The number of amides is 2. The molecule has 11 heteroatoms. The first-order valence-corrected chi connectivity index (χ1v) is 11.4. The van der Waals surface area contributed by atoms with E-state index in [1.165, 1.54) is 11.3 Å². The second-order valence-electron chi connectivity index (χ2n) is 7.69. The summed E-state index contributed by atoms with van der Waals surface area (Å²) in [5, 5.41) is 9.80. The van der Waals surface area contributed by atoms with Gasteiger partial charge in [-0.05, 0) is 24.3 Å². The third-order valence-corrected chi connectivity index (χ3v) is 6.69. The van der Waals surface area contributed by atoms with Gasteiger partial charge >= 0.3 is 0 Å². The van der Waals surface area contributed by atoms with E-state index in [1.807, 2.05) is 29.6 Å². The molecule has 0 spiro atoms. The average Bonchev–Trinajstić information content (AvgIpc) is 3.57. The molecule has 1 unspecified atom stereocenters. The maximum atomic E-state index is 12.9. The zero-order valence-corrected chi connectivity index (χ0v) is 18.6. The van der Waals surface area contributed by atoms with Gasteiger partial charge in [-0.1, -0.05) is 23.7 Å². The molecule has 1 N–H and O–H groups in total. The molecule has 0 aliphatic carbocycles. The number of fused-ring (bicyclic) bond motifs is 2. The third-order valence-electron chi connectivity index (χ3n) is 5.62. The molecule has 33 heavy (non-hydrogen) atoms. The summed E-state index contributed by atoms with van der Waals surface area (Å²) in [5.74, 6) is 0.502. The van der Waals surface area contributed by atoms with Crippen molar-refractivity contribution in [3.63, 3.8) is 0 Å². The minimum atomic E-state index is -0.514. The highest BCUT2D eigenvalue weighted by Gasteiger charge is 2.36. The number of nitrogens with one attached hydrogen (secondary N) is 1. The molecule has 0 saturated carbocycles. The number of thiazole rings is 1. The number of benzene rings is 2. The van der Waals surface area contributed by atoms with E-state index in [0.717, 1.165) is 11.3 Å². The van der Waals surface area contributed by atoms with Crippen LogP contribution >= 0.6 is 22.9 Å². The first-order chi connectivity index (χ1) is 16.0. The van der Waals surface area contributed by atoms with Crippen molar-refractivity contribution < 1.29 is 19.1 Å². The summed E-state index contributed by atoms with van der Waals surface area (Å²) in [6.07, 6.45) is 0.110. The van der Waals surface area contributed by atoms with Gasteiger partial charge < -0.3 is 14.4 Å². The minimum Gasteiger partial charge on any atom is -0.454 e. The van der Waals surface area contributed by atoms with Gasteiger partial charge in [-0.2, -0.15) is 4.98 Å². The van der Waals surface area contributed by atoms with Crippen molar-refractivity contribution in [3.8, 4) is 22.8 Å². The van der Waals surface area contributed by atoms with Crippen molar-refractivity contribution in [1.29, 1.82) is 0 Å². The number of halogens is 1. The van der Waals surface area contributed by atoms with Crippen LogP contribution in [0, 0.1) is 5.92 Å². The van der Waals surface area contributed by atoms with Crippen molar-refractivity contribution >= 4 is 51.3 Å². The molecule has 2 aromatic carbocycles. The van der Waals surface area contributed by atoms with Gasteiger partial charge in [-0.15, -0.1) is 16.4 Å². The Labute approximate surface area is 196 Å². The largest absolute Gasteiger partial charge is 0.454 e. The van der Waals surface area contributed by atoms with E-state index in [-0.39, 0.29) is 37.5 Å². The molecule has 1 saturated heterocycles. The first kappa shape index (κ1) is 20.0. The summed E-state index contributed by atoms with van der Waals surface area (Å²) in [4.78, 5) is 32.1. The summed E-state index contributed by atoms with van der Waals surface area (Å²) in [6, 6.07) is 12.7. The lowest BCUT2D eigenvalue weighted by molar-refractivity contribution is -0.122. The van der Waals surface area contributed by atoms with Crippen LogP contribution in [0.25, 0.3) is 16.2 Å². The van der Waals surface area contributed by atoms with Gasteiger partial charge in [0, 0.05) is 40.7 Å². The molecule has 4 heterocycles. The highest BCUT2D eigenvalue weighted by atomic mass is 35.5. The Kier molecular flexibility index (Phi) is 4.70. The second-order valence-corrected chi connectivity index (χ2v) is 8.96. The van der Waals surface area contributed by atoms with Gasteiger partial charge in [-0.25, -0.2) is 4.52 Å². The molecular weight excluding hydrogens is 466 g/mol. The molecule has 0 bridgehead atoms. The molecule has 2 amide bonds. The Bertz CT molecular complexity index is 1400. The summed E-state index contributed by atoms with van der Waals surface area (Å²) in [5.41, 5.74) is 2.46. The minimum absolute atomic E-state index is 0.110. The Morgan fingerprint density at radius 1 is 1.15 bits per heavy atom. The number of hydrogen-bond donors (Lipinski definition) is 1. The molecule has 2 aliphatic rings. The van der Waals surface area contributed by atoms with E-state index in [0.29, 0.717) is 27.2 Å². The summed E-state index contributed by atoms with van der Waals surface area (Å²) < 4.78 is 12.4. The maximum absolute atomic E-state index is 12.9. The fraction of sp³-hybridized carbons (Fsp3) is 0.182. The lowest BCUT2D eigenvalue weighted by atomic mass is 10.1. The fourth-order valence-corrected chi connectivity index (χ4v) is 4.91.